The van der Waals surface area contributed by atoms with Gasteiger partial charge in [-0.2, -0.15) is 0 Å². The van der Waals surface area contributed by atoms with Gasteiger partial charge in [0, 0.05) is 12.7 Å². The standard InChI is InChI=1S/C7H10N2O/c1-5-4-9-3-2-6(10)7(9)8-5/h4,6,10H,2-3H2,1H3. The van der Waals surface area contributed by atoms with Crippen molar-refractivity contribution in [1.29, 1.82) is 0 Å². The topological polar surface area (TPSA) is 38.0 Å². The molecule has 0 amide bonds. The lowest BCUT2D eigenvalue weighted by Crippen LogP contribution is -1.92. The van der Waals surface area contributed by atoms with Crippen molar-refractivity contribution < 1.29 is 5.11 Å². The second-order valence-electron chi connectivity index (χ2n) is 2.74. The van der Waals surface area contributed by atoms with Crippen LogP contribution in [0, 0.1) is 6.92 Å². The van der Waals surface area contributed by atoms with Gasteiger partial charge in [-0.3, -0.25) is 0 Å². The van der Waals surface area contributed by atoms with Crippen molar-refractivity contribution >= 4 is 0 Å². The van der Waals surface area contributed by atoms with E-state index in [2.05, 4.69) is 4.98 Å². The lowest BCUT2D eigenvalue weighted by Gasteiger charge is -1.94. The zero-order valence-electron chi connectivity index (χ0n) is 5.91. The average Bonchev–Trinajstić information content (AvgIpc) is 2.35. The molecule has 1 unspecified atom stereocenters. The molecule has 3 nitrogen and oxygen atoms in total. The van der Waals surface area contributed by atoms with Crippen LogP contribution in [0.15, 0.2) is 6.20 Å². The number of fused-ring (bicyclic) bond motifs is 1. The summed E-state index contributed by atoms with van der Waals surface area (Å²) in [5.74, 6) is 0.831. The fraction of sp³-hybridized carbons (Fsp3) is 0.571. The molecule has 1 aliphatic heterocycles. The molecule has 0 aromatic carbocycles. The summed E-state index contributed by atoms with van der Waals surface area (Å²) in [7, 11) is 0. The lowest BCUT2D eigenvalue weighted by molar-refractivity contribution is 0.175. The summed E-state index contributed by atoms with van der Waals surface area (Å²) < 4.78 is 2.01. The van der Waals surface area contributed by atoms with E-state index in [1.54, 1.807) is 0 Å². The fourth-order valence-corrected chi connectivity index (χ4v) is 1.40. The molecule has 0 spiro atoms. The largest absolute Gasteiger partial charge is 0.385 e. The average molecular weight is 138 g/mol. The van der Waals surface area contributed by atoms with Crippen molar-refractivity contribution in [2.75, 3.05) is 0 Å². The molecule has 1 N–H and O–H groups in total. The molecule has 0 fully saturated rings. The Balaban J connectivity index is 2.49. The van der Waals surface area contributed by atoms with E-state index in [1.165, 1.54) is 0 Å². The molecule has 54 valence electrons. The number of rotatable bonds is 0. The predicted molar refractivity (Wildman–Crippen MR) is 36.5 cm³/mol. The molecule has 0 radical (unpaired) electrons. The highest BCUT2D eigenvalue weighted by molar-refractivity contribution is 5.07. The van der Waals surface area contributed by atoms with E-state index < -0.39 is 0 Å². The van der Waals surface area contributed by atoms with Crippen LogP contribution in [0.2, 0.25) is 0 Å². The Labute approximate surface area is 59.3 Å². The van der Waals surface area contributed by atoms with Crippen molar-refractivity contribution in [3.8, 4) is 0 Å². The summed E-state index contributed by atoms with van der Waals surface area (Å²) >= 11 is 0. The third kappa shape index (κ3) is 0.671. The van der Waals surface area contributed by atoms with Gasteiger partial charge < -0.3 is 9.67 Å². The summed E-state index contributed by atoms with van der Waals surface area (Å²) in [5.41, 5.74) is 0.994. The van der Waals surface area contributed by atoms with Crippen molar-refractivity contribution in [3.05, 3.63) is 17.7 Å². The highest BCUT2D eigenvalue weighted by Gasteiger charge is 2.21. The van der Waals surface area contributed by atoms with E-state index >= 15 is 0 Å². The Morgan fingerprint density at radius 2 is 2.60 bits per heavy atom. The van der Waals surface area contributed by atoms with Gasteiger partial charge in [-0.05, 0) is 13.3 Å². The molecule has 1 aromatic heterocycles. The third-order valence-electron chi connectivity index (χ3n) is 1.87. The number of hydrogen-bond donors (Lipinski definition) is 1. The van der Waals surface area contributed by atoms with E-state index in [9.17, 15) is 5.11 Å². The zero-order valence-corrected chi connectivity index (χ0v) is 5.91. The van der Waals surface area contributed by atoms with Crippen LogP contribution in [0.1, 0.15) is 24.0 Å². The van der Waals surface area contributed by atoms with Crippen LogP contribution in [-0.4, -0.2) is 14.7 Å². The first-order valence-electron chi connectivity index (χ1n) is 3.49. The van der Waals surface area contributed by atoms with Crippen LogP contribution in [0.3, 0.4) is 0 Å². The maximum Gasteiger partial charge on any atom is 0.138 e. The third-order valence-corrected chi connectivity index (χ3v) is 1.87. The second-order valence-corrected chi connectivity index (χ2v) is 2.74. The lowest BCUT2D eigenvalue weighted by atomic mass is 10.3. The SMILES string of the molecule is Cc1cn2c(n1)C(O)CC2. The molecule has 3 heteroatoms. The fourth-order valence-electron chi connectivity index (χ4n) is 1.40. The van der Waals surface area contributed by atoms with Gasteiger partial charge in [-0.25, -0.2) is 4.98 Å². The summed E-state index contributed by atoms with van der Waals surface area (Å²) in [6, 6.07) is 0. The van der Waals surface area contributed by atoms with Crippen LogP contribution in [0.25, 0.3) is 0 Å². The minimum atomic E-state index is -0.325. The number of aryl methyl sites for hydroxylation is 2. The Morgan fingerprint density at radius 3 is 3.30 bits per heavy atom. The smallest absolute Gasteiger partial charge is 0.138 e. The number of aliphatic hydroxyl groups is 1. The van der Waals surface area contributed by atoms with Gasteiger partial charge in [-0.1, -0.05) is 0 Å². The predicted octanol–water partition coefficient (Wildman–Crippen LogP) is 0.629. The first-order valence-corrected chi connectivity index (χ1v) is 3.49. The number of aromatic nitrogens is 2. The first-order chi connectivity index (χ1) is 4.77. The second kappa shape index (κ2) is 1.83. The Morgan fingerprint density at radius 1 is 1.80 bits per heavy atom. The molecule has 2 rings (SSSR count). The Bertz CT molecular complexity index is 254. The van der Waals surface area contributed by atoms with E-state index in [0.717, 1.165) is 24.5 Å². The minimum Gasteiger partial charge on any atom is -0.385 e. The first kappa shape index (κ1) is 5.92. The number of hydrogen-bond acceptors (Lipinski definition) is 2. The van der Waals surface area contributed by atoms with E-state index in [0.29, 0.717) is 0 Å². The molecule has 10 heavy (non-hydrogen) atoms. The maximum atomic E-state index is 9.31. The van der Waals surface area contributed by atoms with Crippen LogP contribution < -0.4 is 0 Å². The van der Waals surface area contributed by atoms with Crippen molar-refractivity contribution in [2.24, 2.45) is 0 Å². The van der Waals surface area contributed by atoms with Gasteiger partial charge in [-0.15, -0.1) is 0 Å². The normalized spacial score (nSPS) is 23.2. The van der Waals surface area contributed by atoms with E-state index in [1.807, 2.05) is 17.7 Å². The summed E-state index contributed by atoms with van der Waals surface area (Å²) in [6.07, 6.45) is 2.47. The summed E-state index contributed by atoms with van der Waals surface area (Å²) in [4.78, 5) is 4.19. The summed E-state index contributed by atoms with van der Waals surface area (Å²) in [6.45, 7) is 2.86. The molecule has 0 aliphatic carbocycles. The van der Waals surface area contributed by atoms with Gasteiger partial charge in [0.25, 0.3) is 0 Å². The van der Waals surface area contributed by atoms with Crippen LogP contribution in [-0.2, 0) is 6.54 Å². The van der Waals surface area contributed by atoms with E-state index in [-0.39, 0.29) is 6.10 Å². The van der Waals surface area contributed by atoms with Gasteiger partial charge in [0.1, 0.15) is 11.9 Å². The van der Waals surface area contributed by atoms with Crippen LogP contribution in [0.4, 0.5) is 0 Å². The zero-order chi connectivity index (χ0) is 7.14. The maximum absolute atomic E-state index is 9.31. The molecule has 1 aliphatic rings. The van der Waals surface area contributed by atoms with Gasteiger partial charge in [0.05, 0.1) is 5.69 Å². The molecule has 0 bridgehead atoms. The molecule has 1 aromatic rings. The molecular weight excluding hydrogens is 128 g/mol. The summed E-state index contributed by atoms with van der Waals surface area (Å²) in [5, 5.41) is 9.31. The van der Waals surface area contributed by atoms with Crippen LogP contribution >= 0.6 is 0 Å². The number of aliphatic hydroxyl groups excluding tert-OH is 1. The van der Waals surface area contributed by atoms with Gasteiger partial charge in [0.15, 0.2) is 0 Å². The molecule has 1 atom stereocenters. The molecule has 2 heterocycles. The molecule has 0 saturated heterocycles. The van der Waals surface area contributed by atoms with Crippen molar-refractivity contribution in [2.45, 2.75) is 26.0 Å². The Hall–Kier alpha value is -0.830. The highest BCUT2D eigenvalue weighted by atomic mass is 16.3. The van der Waals surface area contributed by atoms with E-state index in [4.69, 9.17) is 0 Å². The molecular formula is C7H10N2O. The van der Waals surface area contributed by atoms with Gasteiger partial charge in [0.2, 0.25) is 0 Å². The highest BCUT2D eigenvalue weighted by Crippen LogP contribution is 2.23. The van der Waals surface area contributed by atoms with Gasteiger partial charge >= 0.3 is 0 Å². The minimum absolute atomic E-state index is 0.325. The number of imidazole rings is 1. The van der Waals surface area contributed by atoms with Crippen molar-refractivity contribution in [1.82, 2.24) is 9.55 Å². The monoisotopic (exact) mass is 138 g/mol. The number of nitrogens with zero attached hydrogens (tertiary/aromatic N) is 2. The molecule has 0 saturated carbocycles. The van der Waals surface area contributed by atoms with Crippen molar-refractivity contribution in [3.63, 3.8) is 0 Å². The Kier molecular flexibility index (Phi) is 1.08. The quantitative estimate of drug-likeness (QED) is 0.571. The van der Waals surface area contributed by atoms with Crippen LogP contribution in [0.5, 0.6) is 0 Å².